The van der Waals surface area contributed by atoms with Gasteiger partial charge in [-0.25, -0.2) is 9.78 Å². The minimum atomic E-state index is -5.91. The van der Waals surface area contributed by atoms with E-state index in [-0.39, 0.29) is 15.6 Å². The van der Waals surface area contributed by atoms with E-state index in [4.69, 9.17) is 23.2 Å². The van der Waals surface area contributed by atoms with Crippen LogP contribution in [0.1, 0.15) is 21.7 Å². The van der Waals surface area contributed by atoms with Crippen molar-refractivity contribution < 1.29 is 31.5 Å². The quantitative estimate of drug-likeness (QED) is 0.674. The van der Waals surface area contributed by atoms with Crippen molar-refractivity contribution in [3.8, 4) is 0 Å². The van der Waals surface area contributed by atoms with Crippen LogP contribution in [0.15, 0.2) is 24.4 Å². The number of hydrogen-bond acceptors (Lipinski definition) is 4. The summed E-state index contributed by atoms with van der Waals surface area (Å²) in [5.74, 6) is -7.06. The molecule has 28 heavy (non-hydrogen) atoms. The second kappa shape index (κ2) is 7.84. The number of alkyl halides is 5. The highest BCUT2D eigenvalue weighted by molar-refractivity contribution is 6.40. The van der Waals surface area contributed by atoms with Crippen LogP contribution < -0.4 is 10.6 Å². The van der Waals surface area contributed by atoms with Crippen LogP contribution in [-0.2, 0) is 5.92 Å². The zero-order chi connectivity index (χ0) is 21.3. The van der Waals surface area contributed by atoms with E-state index >= 15 is 0 Å². The highest BCUT2D eigenvalue weighted by Gasteiger charge is 2.61. The standard InChI is InChI=1S/C15H9Cl2F5N4O2/c1-6-11(14(18,19)15(20,21)22)24-9(5-23-6)25-13(28)26-12(27)10-7(16)3-2-4-8(10)17/h2-5H,1H3,(H2,24,25,26,27,28). The molecule has 1 aromatic carbocycles. The Morgan fingerprint density at radius 3 is 2.18 bits per heavy atom. The van der Waals surface area contributed by atoms with Gasteiger partial charge >= 0.3 is 18.1 Å². The lowest BCUT2D eigenvalue weighted by atomic mass is 10.2. The summed E-state index contributed by atoms with van der Waals surface area (Å²) >= 11 is 11.6. The number of rotatable bonds is 3. The SMILES string of the molecule is Cc1ncc(NC(=O)NC(=O)c2c(Cl)cccc2Cl)nc1C(F)(F)C(F)(F)F. The largest absolute Gasteiger partial charge is 0.459 e. The van der Waals surface area contributed by atoms with E-state index in [1.807, 2.05) is 5.32 Å². The van der Waals surface area contributed by atoms with Crippen LogP contribution in [0.4, 0.5) is 32.6 Å². The van der Waals surface area contributed by atoms with Gasteiger partial charge in [0, 0.05) is 0 Å². The maximum Gasteiger partial charge on any atom is 0.459 e. The van der Waals surface area contributed by atoms with E-state index in [2.05, 4.69) is 9.97 Å². The molecule has 0 bridgehead atoms. The molecule has 2 N–H and O–H groups in total. The first-order chi connectivity index (χ1) is 12.8. The van der Waals surface area contributed by atoms with Gasteiger partial charge in [0.25, 0.3) is 5.91 Å². The summed E-state index contributed by atoms with van der Waals surface area (Å²) in [7, 11) is 0. The summed E-state index contributed by atoms with van der Waals surface area (Å²) in [5, 5.41) is 3.50. The Bertz CT molecular complexity index is 917. The molecule has 0 unspecified atom stereocenters. The van der Waals surface area contributed by atoms with Gasteiger partial charge in [-0.1, -0.05) is 29.3 Å². The van der Waals surface area contributed by atoms with E-state index in [1.54, 1.807) is 5.32 Å². The number of carbonyl (C=O) groups excluding carboxylic acids is 2. The van der Waals surface area contributed by atoms with Crippen LogP contribution in [0.3, 0.4) is 0 Å². The molecule has 0 aliphatic carbocycles. The zero-order valence-corrected chi connectivity index (χ0v) is 15.2. The monoisotopic (exact) mass is 442 g/mol. The second-order valence-electron chi connectivity index (χ2n) is 5.27. The zero-order valence-electron chi connectivity index (χ0n) is 13.7. The summed E-state index contributed by atoms with van der Waals surface area (Å²) < 4.78 is 64.7. The maximum absolute atomic E-state index is 13.5. The van der Waals surface area contributed by atoms with Gasteiger partial charge < -0.3 is 0 Å². The van der Waals surface area contributed by atoms with Gasteiger partial charge in [-0.2, -0.15) is 22.0 Å². The van der Waals surface area contributed by atoms with Crippen molar-refractivity contribution in [1.82, 2.24) is 15.3 Å². The van der Waals surface area contributed by atoms with E-state index in [9.17, 15) is 31.5 Å². The van der Waals surface area contributed by atoms with Gasteiger partial charge in [-0.3, -0.25) is 20.4 Å². The third-order valence-corrected chi connectivity index (χ3v) is 3.90. The molecule has 1 heterocycles. The number of urea groups is 1. The summed E-state index contributed by atoms with van der Waals surface area (Å²) in [4.78, 5) is 30.4. The summed E-state index contributed by atoms with van der Waals surface area (Å²) in [6, 6.07) is 2.83. The predicted octanol–water partition coefficient (Wildman–Crippen LogP) is 4.71. The summed E-state index contributed by atoms with van der Waals surface area (Å²) in [6.45, 7) is 0.898. The molecule has 1 aromatic heterocycles. The Labute approximate surface area is 164 Å². The average Bonchev–Trinajstić information content (AvgIpc) is 2.55. The average molecular weight is 443 g/mol. The lowest BCUT2D eigenvalue weighted by Gasteiger charge is -2.20. The number of nitrogens with one attached hydrogen (secondary N) is 2. The first-order valence-electron chi connectivity index (χ1n) is 7.19. The number of imide groups is 1. The minimum Gasteiger partial charge on any atom is -0.291 e. The first kappa shape index (κ1) is 21.8. The number of hydrogen-bond donors (Lipinski definition) is 2. The van der Waals surface area contributed by atoms with Crippen LogP contribution in [0.25, 0.3) is 0 Å². The lowest BCUT2D eigenvalue weighted by Crippen LogP contribution is -2.37. The molecule has 0 atom stereocenters. The highest BCUT2D eigenvalue weighted by atomic mass is 35.5. The van der Waals surface area contributed by atoms with Crippen LogP contribution in [0.2, 0.25) is 10.0 Å². The molecule has 0 saturated carbocycles. The van der Waals surface area contributed by atoms with E-state index in [0.717, 1.165) is 13.1 Å². The molecule has 6 nitrogen and oxygen atoms in total. The summed E-state index contributed by atoms with van der Waals surface area (Å²) in [5.41, 5.74) is -2.61. The van der Waals surface area contributed by atoms with E-state index in [1.165, 1.54) is 18.2 Å². The van der Waals surface area contributed by atoms with E-state index < -0.39 is 41.2 Å². The number of amides is 3. The third-order valence-electron chi connectivity index (χ3n) is 3.27. The molecule has 0 spiro atoms. The van der Waals surface area contributed by atoms with Crippen molar-refractivity contribution in [2.24, 2.45) is 0 Å². The molecule has 0 aliphatic rings. The minimum absolute atomic E-state index is 0.0694. The number of benzene rings is 1. The molecular formula is C15H9Cl2F5N4O2. The Hall–Kier alpha value is -2.53. The van der Waals surface area contributed by atoms with Crippen molar-refractivity contribution >= 4 is 41.0 Å². The Balaban J connectivity index is 2.21. The molecule has 0 saturated heterocycles. The van der Waals surface area contributed by atoms with Crippen molar-refractivity contribution in [3.05, 3.63) is 51.4 Å². The van der Waals surface area contributed by atoms with Crippen molar-refractivity contribution in [3.63, 3.8) is 0 Å². The number of aryl methyl sites for hydroxylation is 1. The Morgan fingerprint density at radius 1 is 1.07 bits per heavy atom. The number of halogens is 7. The predicted molar refractivity (Wildman–Crippen MR) is 89.7 cm³/mol. The molecule has 2 rings (SSSR count). The first-order valence-corrected chi connectivity index (χ1v) is 7.95. The fourth-order valence-electron chi connectivity index (χ4n) is 1.97. The van der Waals surface area contributed by atoms with Crippen molar-refractivity contribution in [2.75, 3.05) is 5.32 Å². The van der Waals surface area contributed by atoms with Crippen molar-refractivity contribution in [2.45, 2.75) is 19.0 Å². The molecule has 0 fully saturated rings. The molecular weight excluding hydrogens is 434 g/mol. The van der Waals surface area contributed by atoms with Crippen LogP contribution in [-0.4, -0.2) is 28.1 Å². The topological polar surface area (TPSA) is 84.0 Å². The number of carbonyl (C=O) groups is 2. The maximum atomic E-state index is 13.5. The number of nitrogens with zero attached hydrogens (tertiary/aromatic N) is 2. The van der Waals surface area contributed by atoms with Gasteiger partial charge in [0.1, 0.15) is 5.69 Å². The third kappa shape index (κ3) is 4.47. The number of aromatic nitrogens is 2. The molecule has 0 radical (unpaired) electrons. The van der Waals surface area contributed by atoms with Crippen LogP contribution >= 0.6 is 23.2 Å². The highest BCUT2D eigenvalue weighted by Crippen LogP contribution is 2.44. The molecule has 3 amide bonds. The van der Waals surface area contributed by atoms with E-state index in [0.29, 0.717) is 0 Å². The second-order valence-corrected chi connectivity index (χ2v) is 6.08. The summed E-state index contributed by atoms with van der Waals surface area (Å²) in [6.07, 6.45) is -5.16. The van der Waals surface area contributed by atoms with Crippen LogP contribution in [0, 0.1) is 6.92 Å². The van der Waals surface area contributed by atoms with Gasteiger partial charge in [-0.15, -0.1) is 0 Å². The normalized spacial score (nSPS) is 11.9. The molecule has 150 valence electrons. The Kier molecular flexibility index (Phi) is 6.09. The van der Waals surface area contributed by atoms with Gasteiger partial charge in [0.2, 0.25) is 0 Å². The van der Waals surface area contributed by atoms with Gasteiger partial charge in [0.15, 0.2) is 5.82 Å². The Morgan fingerprint density at radius 2 is 1.64 bits per heavy atom. The smallest absolute Gasteiger partial charge is 0.291 e. The fraction of sp³-hybridized carbons (Fsp3) is 0.200. The van der Waals surface area contributed by atoms with Gasteiger partial charge in [0.05, 0.1) is 27.5 Å². The molecule has 2 aromatic rings. The van der Waals surface area contributed by atoms with Gasteiger partial charge in [-0.05, 0) is 19.1 Å². The fourth-order valence-corrected chi connectivity index (χ4v) is 2.54. The number of anilines is 1. The molecule has 0 aliphatic heterocycles. The lowest BCUT2D eigenvalue weighted by molar-refractivity contribution is -0.291. The molecule has 13 heteroatoms. The van der Waals surface area contributed by atoms with Crippen LogP contribution in [0.5, 0.6) is 0 Å². The van der Waals surface area contributed by atoms with Crippen molar-refractivity contribution in [1.29, 1.82) is 0 Å².